The van der Waals surface area contributed by atoms with Crippen LogP contribution in [-0.2, 0) is 9.59 Å². The molecule has 2 N–H and O–H groups in total. The summed E-state index contributed by atoms with van der Waals surface area (Å²) < 4.78 is 5.75. The lowest BCUT2D eigenvalue weighted by atomic mass is 9.96. The third-order valence-corrected chi connectivity index (χ3v) is 5.89. The molecule has 2 aliphatic rings. The number of nitrogens with two attached hydrogens (primary N) is 1. The molecule has 0 bridgehead atoms. The first-order chi connectivity index (χ1) is 13.5. The Morgan fingerprint density at radius 2 is 1.68 bits per heavy atom. The van der Waals surface area contributed by atoms with Crippen LogP contribution in [0.4, 0.5) is 0 Å². The molecule has 0 radical (unpaired) electrons. The van der Waals surface area contributed by atoms with Crippen LogP contribution in [0, 0.1) is 5.92 Å². The highest BCUT2D eigenvalue weighted by Crippen LogP contribution is 2.23. The zero-order valence-corrected chi connectivity index (χ0v) is 16.9. The summed E-state index contributed by atoms with van der Waals surface area (Å²) in [7, 11) is 0. The zero-order valence-electron chi connectivity index (χ0n) is 16.2. The van der Waals surface area contributed by atoms with E-state index in [0.29, 0.717) is 49.9 Å². The number of nitrogens with zero attached hydrogens (tertiary/aromatic N) is 3. The Labute approximate surface area is 171 Å². The van der Waals surface area contributed by atoms with E-state index in [4.69, 9.17) is 22.1 Å². The first kappa shape index (κ1) is 20.9. The molecule has 1 aromatic rings. The summed E-state index contributed by atoms with van der Waals surface area (Å²) in [6.07, 6.45) is 1.36. The maximum absolute atomic E-state index is 12.5. The van der Waals surface area contributed by atoms with Gasteiger partial charge in [0.1, 0.15) is 12.4 Å². The van der Waals surface area contributed by atoms with Crippen LogP contribution in [0.1, 0.15) is 12.8 Å². The largest absolute Gasteiger partial charge is 0.491 e. The maximum Gasteiger partial charge on any atom is 0.236 e. The van der Waals surface area contributed by atoms with Crippen molar-refractivity contribution in [3.63, 3.8) is 0 Å². The van der Waals surface area contributed by atoms with Crippen LogP contribution >= 0.6 is 11.6 Å². The van der Waals surface area contributed by atoms with E-state index in [-0.39, 0.29) is 17.7 Å². The summed E-state index contributed by atoms with van der Waals surface area (Å²) in [6.45, 7) is 6.73. The Morgan fingerprint density at radius 3 is 2.32 bits per heavy atom. The van der Waals surface area contributed by atoms with Crippen LogP contribution in [0.5, 0.6) is 5.75 Å². The molecule has 28 heavy (non-hydrogen) atoms. The molecule has 3 rings (SSSR count). The van der Waals surface area contributed by atoms with Crippen molar-refractivity contribution in [2.24, 2.45) is 11.7 Å². The minimum absolute atomic E-state index is 0.0828. The molecule has 0 aromatic heterocycles. The van der Waals surface area contributed by atoms with Crippen LogP contribution < -0.4 is 10.5 Å². The summed E-state index contributed by atoms with van der Waals surface area (Å²) in [5, 5.41) is 0.630. The minimum Gasteiger partial charge on any atom is -0.491 e. The molecule has 0 atom stereocenters. The van der Waals surface area contributed by atoms with Gasteiger partial charge in [0.2, 0.25) is 11.8 Å². The van der Waals surface area contributed by atoms with Gasteiger partial charge >= 0.3 is 0 Å². The molecule has 2 saturated heterocycles. The van der Waals surface area contributed by atoms with Crippen LogP contribution in [0.2, 0.25) is 5.02 Å². The molecule has 0 aliphatic carbocycles. The number of rotatable bonds is 7. The quantitative estimate of drug-likeness (QED) is 0.729. The number of piperazine rings is 1. The molecular formula is C20H29ClN4O3. The average molecular weight is 409 g/mol. The second-order valence-electron chi connectivity index (χ2n) is 7.45. The van der Waals surface area contributed by atoms with Crippen molar-refractivity contribution in [1.82, 2.24) is 14.7 Å². The smallest absolute Gasteiger partial charge is 0.236 e. The first-order valence-corrected chi connectivity index (χ1v) is 10.3. The normalized spacial score (nSPS) is 19.5. The number of benzene rings is 1. The number of amides is 2. The number of likely N-dealkylation sites (tertiary alicyclic amines) is 1. The zero-order chi connectivity index (χ0) is 19.9. The van der Waals surface area contributed by atoms with Gasteiger partial charge in [0.25, 0.3) is 0 Å². The number of hydrogen-bond donors (Lipinski definition) is 1. The molecule has 0 spiro atoms. The van der Waals surface area contributed by atoms with Crippen molar-refractivity contribution < 1.29 is 14.3 Å². The number of primary amides is 1. The SMILES string of the molecule is NC(=O)C1CCN(C(=O)CN2CCN(CCOc3ccccc3Cl)CC2)CC1. The molecule has 8 heteroatoms. The highest BCUT2D eigenvalue weighted by Gasteiger charge is 2.27. The molecule has 7 nitrogen and oxygen atoms in total. The fraction of sp³-hybridized carbons (Fsp3) is 0.600. The Kier molecular flexibility index (Phi) is 7.53. The summed E-state index contributed by atoms with van der Waals surface area (Å²) in [5.41, 5.74) is 5.36. The van der Waals surface area contributed by atoms with Crippen LogP contribution in [-0.4, -0.2) is 85.5 Å². The maximum atomic E-state index is 12.5. The highest BCUT2D eigenvalue weighted by atomic mass is 35.5. The van der Waals surface area contributed by atoms with Gasteiger partial charge in [-0.3, -0.25) is 19.4 Å². The number of carbonyl (C=O) groups excluding carboxylic acids is 2. The predicted molar refractivity (Wildman–Crippen MR) is 108 cm³/mol. The molecule has 2 aliphatic heterocycles. The molecule has 2 fully saturated rings. The van der Waals surface area contributed by atoms with Crippen molar-refractivity contribution in [3.8, 4) is 5.75 Å². The standard InChI is InChI=1S/C20H29ClN4O3/c21-17-3-1-2-4-18(17)28-14-13-23-9-11-24(12-10-23)15-19(26)25-7-5-16(6-8-25)20(22)27/h1-4,16H,5-15H2,(H2,22,27). The molecule has 2 heterocycles. The van der Waals surface area contributed by atoms with E-state index in [1.807, 2.05) is 29.2 Å². The van der Waals surface area contributed by atoms with Crippen LogP contribution in [0.15, 0.2) is 24.3 Å². The van der Waals surface area contributed by atoms with Crippen molar-refractivity contribution in [2.45, 2.75) is 12.8 Å². The molecule has 2 amide bonds. The van der Waals surface area contributed by atoms with Gasteiger partial charge in [0.05, 0.1) is 11.6 Å². The summed E-state index contributed by atoms with van der Waals surface area (Å²) >= 11 is 6.10. The van der Waals surface area contributed by atoms with E-state index in [2.05, 4.69) is 9.80 Å². The van der Waals surface area contributed by atoms with Gasteiger partial charge in [-0.15, -0.1) is 0 Å². The van der Waals surface area contributed by atoms with Crippen molar-refractivity contribution in [2.75, 3.05) is 59.0 Å². The molecule has 1 aromatic carbocycles. The lowest BCUT2D eigenvalue weighted by Crippen LogP contribution is -2.51. The summed E-state index contributed by atoms with van der Waals surface area (Å²) in [6, 6.07) is 7.49. The minimum atomic E-state index is -0.248. The fourth-order valence-electron chi connectivity index (χ4n) is 3.72. The van der Waals surface area contributed by atoms with Gasteiger partial charge in [0, 0.05) is 51.7 Å². The van der Waals surface area contributed by atoms with Crippen molar-refractivity contribution >= 4 is 23.4 Å². The van der Waals surface area contributed by atoms with E-state index in [9.17, 15) is 9.59 Å². The van der Waals surface area contributed by atoms with E-state index >= 15 is 0 Å². The third-order valence-electron chi connectivity index (χ3n) is 5.58. The van der Waals surface area contributed by atoms with Gasteiger partial charge in [0.15, 0.2) is 0 Å². The lowest BCUT2D eigenvalue weighted by molar-refractivity contribution is -0.136. The van der Waals surface area contributed by atoms with Gasteiger partial charge in [-0.1, -0.05) is 23.7 Å². The van der Waals surface area contributed by atoms with Gasteiger partial charge < -0.3 is 15.4 Å². The Morgan fingerprint density at radius 1 is 1.04 bits per heavy atom. The highest BCUT2D eigenvalue weighted by molar-refractivity contribution is 6.32. The van der Waals surface area contributed by atoms with Crippen LogP contribution in [0.25, 0.3) is 0 Å². The van der Waals surface area contributed by atoms with E-state index in [1.165, 1.54) is 0 Å². The first-order valence-electron chi connectivity index (χ1n) is 9.92. The van der Waals surface area contributed by atoms with Gasteiger partial charge in [-0.25, -0.2) is 0 Å². The topological polar surface area (TPSA) is 79.1 Å². The number of ether oxygens (including phenoxy) is 1. The van der Waals surface area contributed by atoms with E-state index in [0.717, 1.165) is 32.7 Å². The number of piperidine rings is 1. The Bertz CT molecular complexity index is 671. The summed E-state index contributed by atoms with van der Waals surface area (Å²) in [4.78, 5) is 30.2. The molecule has 154 valence electrons. The number of carbonyl (C=O) groups is 2. The molecule has 0 unspecified atom stereocenters. The predicted octanol–water partition coefficient (Wildman–Crippen LogP) is 1.06. The van der Waals surface area contributed by atoms with E-state index < -0.39 is 0 Å². The second-order valence-corrected chi connectivity index (χ2v) is 7.86. The molecule has 0 saturated carbocycles. The number of para-hydroxylation sites is 1. The molecular weight excluding hydrogens is 380 g/mol. The Balaban J connectivity index is 1.32. The second kappa shape index (κ2) is 10.1. The third kappa shape index (κ3) is 5.83. The van der Waals surface area contributed by atoms with Crippen molar-refractivity contribution in [1.29, 1.82) is 0 Å². The number of hydrogen-bond acceptors (Lipinski definition) is 5. The lowest BCUT2D eigenvalue weighted by Gasteiger charge is -2.36. The summed E-state index contributed by atoms with van der Waals surface area (Å²) in [5.74, 6) is 0.536. The van der Waals surface area contributed by atoms with Crippen LogP contribution in [0.3, 0.4) is 0 Å². The fourth-order valence-corrected chi connectivity index (χ4v) is 3.91. The van der Waals surface area contributed by atoms with Gasteiger partial charge in [-0.2, -0.15) is 0 Å². The average Bonchev–Trinajstić information content (AvgIpc) is 2.71. The monoisotopic (exact) mass is 408 g/mol. The number of halogens is 1. The van der Waals surface area contributed by atoms with E-state index in [1.54, 1.807) is 0 Å². The Hall–Kier alpha value is -1.83. The van der Waals surface area contributed by atoms with Gasteiger partial charge in [-0.05, 0) is 25.0 Å². The van der Waals surface area contributed by atoms with Crippen molar-refractivity contribution in [3.05, 3.63) is 29.3 Å².